The van der Waals surface area contributed by atoms with Gasteiger partial charge in [-0.05, 0) is 5.56 Å². The zero-order valence-corrected chi connectivity index (χ0v) is 13.6. The summed E-state index contributed by atoms with van der Waals surface area (Å²) in [6.45, 7) is -0.136. The molecule has 27 heavy (non-hydrogen) atoms. The van der Waals surface area contributed by atoms with Crippen LogP contribution < -0.4 is 0 Å². The van der Waals surface area contributed by atoms with Crippen LogP contribution in [0.3, 0.4) is 0 Å². The van der Waals surface area contributed by atoms with Gasteiger partial charge in [-0.25, -0.2) is 8.78 Å². The van der Waals surface area contributed by atoms with Crippen LogP contribution in [0.1, 0.15) is 17.9 Å². The lowest BCUT2D eigenvalue weighted by Crippen LogP contribution is -2.33. The molecule has 3 rings (SSSR count). The van der Waals surface area contributed by atoms with Gasteiger partial charge in [-0.3, -0.25) is 4.79 Å². The lowest BCUT2D eigenvalue weighted by Gasteiger charge is -2.20. The second kappa shape index (κ2) is 6.64. The summed E-state index contributed by atoms with van der Waals surface area (Å²) >= 11 is 0. The van der Waals surface area contributed by atoms with Crippen LogP contribution in [0.4, 0.5) is 22.0 Å². The molecular formula is C17H12F5N3O2. The van der Waals surface area contributed by atoms with Crippen LogP contribution in [0.2, 0.25) is 0 Å². The van der Waals surface area contributed by atoms with E-state index in [2.05, 4.69) is 20.6 Å². The fraction of sp³-hybridized carbons (Fsp3) is 0.353. The molecule has 0 bridgehead atoms. The maximum atomic E-state index is 13.1. The molecule has 142 valence electrons. The minimum Gasteiger partial charge on any atom is -0.329 e. The smallest absolute Gasteiger partial charge is 0.329 e. The number of amides is 1. The second-order valence-electron chi connectivity index (χ2n) is 6.03. The number of halogens is 5. The minimum absolute atomic E-state index is 0.00403. The molecule has 1 saturated carbocycles. The van der Waals surface area contributed by atoms with Crippen LogP contribution in [-0.4, -0.2) is 33.4 Å². The number of carbonyl (C=O) groups excluding carboxylic acids is 1. The summed E-state index contributed by atoms with van der Waals surface area (Å²) in [4.78, 5) is 16.5. The SMILES string of the molecule is C#CCN(Cc1ccc(-c2noc(C(F)(F)F)n2)cc1)C(=O)C1CC1(F)F. The van der Waals surface area contributed by atoms with Gasteiger partial charge < -0.3 is 9.42 Å². The molecule has 0 aliphatic heterocycles. The van der Waals surface area contributed by atoms with Crippen molar-refractivity contribution in [3.05, 3.63) is 35.7 Å². The van der Waals surface area contributed by atoms with E-state index in [4.69, 9.17) is 6.42 Å². The Bertz CT molecular complexity index is 883. The molecule has 0 spiro atoms. The molecule has 0 saturated heterocycles. The molecule has 1 atom stereocenters. The van der Waals surface area contributed by atoms with E-state index in [0.29, 0.717) is 5.56 Å². The first-order valence-electron chi connectivity index (χ1n) is 7.72. The minimum atomic E-state index is -4.74. The van der Waals surface area contributed by atoms with Crippen molar-refractivity contribution in [2.75, 3.05) is 6.54 Å². The molecule has 1 aromatic heterocycles. The van der Waals surface area contributed by atoms with Crippen LogP contribution in [0.15, 0.2) is 28.8 Å². The average molecular weight is 385 g/mol. The summed E-state index contributed by atoms with van der Waals surface area (Å²) in [5, 5.41) is 3.27. The van der Waals surface area contributed by atoms with Gasteiger partial charge in [-0.1, -0.05) is 35.3 Å². The molecule has 1 aliphatic rings. The normalized spacial score (nSPS) is 18.0. The topological polar surface area (TPSA) is 59.2 Å². The van der Waals surface area contributed by atoms with Gasteiger partial charge in [-0.2, -0.15) is 18.2 Å². The van der Waals surface area contributed by atoms with E-state index in [1.807, 2.05) is 0 Å². The molecule has 0 radical (unpaired) electrons. The van der Waals surface area contributed by atoms with Gasteiger partial charge in [-0.15, -0.1) is 6.42 Å². The summed E-state index contributed by atoms with van der Waals surface area (Å²) in [5.74, 6) is -4.53. The Kier molecular flexibility index (Phi) is 4.63. The van der Waals surface area contributed by atoms with Crippen molar-refractivity contribution in [1.29, 1.82) is 0 Å². The molecule has 1 aliphatic carbocycles. The zero-order valence-electron chi connectivity index (χ0n) is 13.6. The van der Waals surface area contributed by atoms with Crippen molar-refractivity contribution in [1.82, 2.24) is 15.0 Å². The molecule has 2 aromatic rings. The predicted molar refractivity (Wildman–Crippen MR) is 82.0 cm³/mol. The summed E-state index contributed by atoms with van der Waals surface area (Å²) in [6.07, 6.45) is -0.0424. The van der Waals surface area contributed by atoms with Gasteiger partial charge in [0.2, 0.25) is 11.7 Å². The van der Waals surface area contributed by atoms with Gasteiger partial charge in [0.05, 0.1) is 6.54 Å². The first-order valence-corrected chi connectivity index (χ1v) is 7.72. The van der Waals surface area contributed by atoms with Gasteiger partial charge in [0, 0.05) is 18.5 Å². The summed E-state index contributed by atoms with van der Waals surface area (Å²) in [5.41, 5.74) is 0.826. The number of benzene rings is 1. The van der Waals surface area contributed by atoms with Crippen molar-refractivity contribution in [3.63, 3.8) is 0 Å². The number of alkyl halides is 5. The van der Waals surface area contributed by atoms with Crippen LogP contribution in [0, 0.1) is 18.3 Å². The molecule has 5 nitrogen and oxygen atoms in total. The van der Waals surface area contributed by atoms with Crippen molar-refractivity contribution >= 4 is 5.91 Å². The lowest BCUT2D eigenvalue weighted by atomic mass is 10.1. The van der Waals surface area contributed by atoms with Crippen molar-refractivity contribution in [3.8, 4) is 23.7 Å². The van der Waals surface area contributed by atoms with Crippen molar-refractivity contribution in [2.45, 2.75) is 25.1 Å². The first-order chi connectivity index (χ1) is 12.6. The molecule has 1 heterocycles. The Morgan fingerprint density at radius 2 is 1.96 bits per heavy atom. The number of nitrogens with zero attached hydrogens (tertiary/aromatic N) is 3. The molecule has 1 fully saturated rings. The van der Waals surface area contributed by atoms with Crippen molar-refractivity contribution < 1.29 is 31.3 Å². The number of hydrogen-bond acceptors (Lipinski definition) is 4. The van der Waals surface area contributed by atoms with Gasteiger partial charge >= 0.3 is 12.1 Å². The number of carbonyl (C=O) groups is 1. The van der Waals surface area contributed by atoms with E-state index in [9.17, 15) is 26.7 Å². The van der Waals surface area contributed by atoms with E-state index in [-0.39, 0.29) is 24.5 Å². The maximum Gasteiger partial charge on any atom is 0.471 e. The molecule has 1 unspecified atom stereocenters. The molecule has 1 aromatic carbocycles. The van der Waals surface area contributed by atoms with Gasteiger partial charge in [0.25, 0.3) is 5.92 Å². The van der Waals surface area contributed by atoms with E-state index < -0.39 is 36.2 Å². The van der Waals surface area contributed by atoms with Crippen LogP contribution in [0.5, 0.6) is 0 Å². The van der Waals surface area contributed by atoms with E-state index in [1.54, 1.807) is 0 Å². The molecular weight excluding hydrogens is 373 g/mol. The predicted octanol–water partition coefficient (Wildman–Crippen LogP) is 3.37. The number of terminal acetylenes is 1. The average Bonchev–Trinajstić information content (AvgIpc) is 3.01. The van der Waals surface area contributed by atoms with Crippen LogP contribution >= 0.6 is 0 Å². The second-order valence-corrected chi connectivity index (χ2v) is 6.03. The first kappa shape index (κ1) is 18.8. The third kappa shape index (κ3) is 4.07. The van der Waals surface area contributed by atoms with E-state index >= 15 is 0 Å². The number of hydrogen-bond donors (Lipinski definition) is 0. The third-order valence-corrected chi connectivity index (χ3v) is 3.97. The third-order valence-electron chi connectivity index (χ3n) is 3.97. The maximum absolute atomic E-state index is 13.1. The highest BCUT2D eigenvalue weighted by atomic mass is 19.4. The summed E-state index contributed by atoms with van der Waals surface area (Å²) in [7, 11) is 0. The van der Waals surface area contributed by atoms with E-state index in [1.165, 1.54) is 24.3 Å². The monoisotopic (exact) mass is 385 g/mol. The van der Waals surface area contributed by atoms with E-state index in [0.717, 1.165) is 4.90 Å². The fourth-order valence-electron chi connectivity index (χ4n) is 2.46. The Morgan fingerprint density at radius 1 is 1.33 bits per heavy atom. The van der Waals surface area contributed by atoms with Crippen LogP contribution in [0.25, 0.3) is 11.4 Å². The highest BCUT2D eigenvalue weighted by Gasteiger charge is 2.62. The Morgan fingerprint density at radius 3 is 2.44 bits per heavy atom. The molecule has 1 amide bonds. The number of rotatable bonds is 5. The van der Waals surface area contributed by atoms with Gasteiger partial charge in [0.1, 0.15) is 5.92 Å². The quantitative estimate of drug-likeness (QED) is 0.585. The Balaban J connectivity index is 1.72. The molecule has 0 N–H and O–H groups in total. The fourth-order valence-corrected chi connectivity index (χ4v) is 2.46. The highest BCUT2D eigenvalue weighted by Crippen LogP contribution is 2.49. The Labute approximate surface area is 150 Å². The largest absolute Gasteiger partial charge is 0.471 e. The standard InChI is InChI=1S/C17H12F5N3O2/c1-2-7-25(14(26)12-8-16(12,18)19)9-10-3-5-11(6-4-10)13-23-15(27-24-13)17(20,21)22/h1,3-6,12H,7-9H2. The Hall–Kier alpha value is -2.96. The van der Waals surface area contributed by atoms with Gasteiger partial charge in [0.15, 0.2) is 0 Å². The number of aromatic nitrogens is 2. The lowest BCUT2D eigenvalue weighted by molar-refractivity contribution is -0.159. The highest BCUT2D eigenvalue weighted by molar-refractivity contribution is 5.83. The van der Waals surface area contributed by atoms with Crippen LogP contribution in [-0.2, 0) is 17.5 Å². The molecule has 10 heteroatoms. The summed E-state index contributed by atoms with van der Waals surface area (Å²) in [6, 6.07) is 5.90. The summed E-state index contributed by atoms with van der Waals surface area (Å²) < 4.78 is 67.9. The van der Waals surface area contributed by atoms with Crippen molar-refractivity contribution in [2.24, 2.45) is 5.92 Å². The zero-order chi connectivity index (χ0) is 19.8.